The predicted molar refractivity (Wildman–Crippen MR) is 206 cm³/mol. The Morgan fingerprint density at radius 1 is 0.353 bits per heavy atom. The molecule has 5 heteroatoms. The molecule has 0 unspecified atom stereocenters. The summed E-state index contributed by atoms with van der Waals surface area (Å²) in [6.45, 7) is 2.11. The SMILES string of the molecule is Cc1cccc(-c2ccccc2-c2nc(-c3ccc4c(c3)oc3cccc(-c5ccccc5)c34)nc(-c3cccc4oc5ccccc5c34)n2)c1. The fourth-order valence-corrected chi connectivity index (χ4v) is 7.27. The summed E-state index contributed by atoms with van der Waals surface area (Å²) < 4.78 is 12.8. The van der Waals surface area contributed by atoms with Crippen molar-refractivity contribution in [2.24, 2.45) is 0 Å². The lowest BCUT2D eigenvalue weighted by molar-refractivity contribution is 0.668. The second-order valence-corrected chi connectivity index (χ2v) is 12.9. The van der Waals surface area contributed by atoms with Gasteiger partial charge >= 0.3 is 0 Å². The second kappa shape index (κ2) is 11.6. The van der Waals surface area contributed by atoms with Gasteiger partial charge < -0.3 is 8.83 Å². The average molecular weight is 656 g/mol. The van der Waals surface area contributed by atoms with Gasteiger partial charge in [-0.05, 0) is 59.5 Å². The van der Waals surface area contributed by atoms with E-state index in [2.05, 4.69) is 104 Å². The highest BCUT2D eigenvalue weighted by atomic mass is 16.3. The molecule has 0 bridgehead atoms. The Hall–Kier alpha value is -6.85. The summed E-state index contributed by atoms with van der Waals surface area (Å²) in [5.74, 6) is 1.72. The van der Waals surface area contributed by atoms with Crippen molar-refractivity contribution in [2.75, 3.05) is 0 Å². The van der Waals surface area contributed by atoms with E-state index in [1.54, 1.807) is 0 Å². The number of benzene rings is 7. The van der Waals surface area contributed by atoms with E-state index < -0.39 is 0 Å². The van der Waals surface area contributed by atoms with Crippen LogP contribution < -0.4 is 0 Å². The van der Waals surface area contributed by atoms with Crippen LogP contribution >= 0.6 is 0 Å². The maximum absolute atomic E-state index is 6.51. The minimum Gasteiger partial charge on any atom is -0.456 e. The first kappa shape index (κ1) is 29.1. The van der Waals surface area contributed by atoms with Crippen molar-refractivity contribution in [1.82, 2.24) is 15.0 Å². The smallest absolute Gasteiger partial charge is 0.164 e. The lowest BCUT2D eigenvalue weighted by atomic mass is 9.97. The van der Waals surface area contributed by atoms with Crippen LogP contribution in [0.4, 0.5) is 0 Å². The van der Waals surface area contributed by atoms with Crippen LogP contribution in [0.15, 0.2) is 167 Å². The molecule has 5 nitrogen and oxygen atoms in total. The van der Waals surface area contributed by atoms with E-state index in [-0.39, 0.29) is 0 Å². The summed E-state index contributed by atoms with van der Waals surface area (Å²) in [7, 11) is 0. The first-order valence-corrected chi connectivity index (χ1v) is 17.0. The van der Waals surface area contributed by atoms with Crippen molar-refractivity contribution in [3.63, 3.8) is 0 Å². The average Bonchev–Trinajstić information content (AvgIpc) is 3.76. The molecule has 0 saturated carbocycles. The van der Waals surface area contributed by atoms with Crippen LogP contribution in [0.3, 0.4) is 0 Å². The third-order valence-electron chi connectivity index (χ3n) is 9.62. The monoisotopic (exact) mass is 655 g/mol. The lowest BCUT2D eigenvalue weighted by Crippen LogP contribution is -2.01. The van der Waals surface area contributed by atoms with Crippen LogP contribution in [-0.2, 0) is 0 Å². The molecule has 7 aromatic carbocycles. The van der Waals surface area contributed by atoms with Gasteiger partial charge in [-0.15, -0.1) is 0 Å². The van der Waals surface area contributed by atoms with Gasteiger partial charge in [0, 0.05) is 38.2 Å². The van der Waals surface area contributed by atoms with Gasteiger partial charge in [0.15, 0.2) is 17.5 Å². The highest BCUT2D eigenvalue weighted by Crippen LogP contribution is 2.40. The van der Waals surface area contributed by atoms with E-state index in [9.17, 15) is 0 Å². The van der Waals surface area contributed by atoms with Crippen molar-refractivity contribution >= 4 is 43.9 Å². The Balaban J connectivity index is 1.21. The van der Waals surface area contributed by atoms with Gasteiger partial charge in [-0.25, -0.2) is 15.0 Å². The summed E-state index contributed by atoms with van der Waals surface area (Å²) in [5, 5.41) is 4.13. The van der Waals surface area contributed by atoms with E-state index >= 15 is 0 Å². The Morgan fingerprint density at radius 2 is 0.922 bits per heavy atom. The van der Waals surface area contributed by atoms with Crippen LogP contribution in [0.2, 0.25) is 0 Å². The van der Waals surface area contributed by atoms with Crippen molar-refractivity contribution in [3.05, 3.63) is 163 Å². The molecule has 10 aromatic rings. The maximum Gasteiger partial charge on any atom is 0.164 e. The minimum atomic E-state index is 0.560. The third-order valence-corrected chi connectivity index (χ3v) is 9.62. The molecule has 0 amide bonds. The molecular formula is C46H29N3O2. The molecule has 0 fully saturated rings. The number of hydrogen-bond donors (Lipinski definition) is 0. The molecule has 0 aliphatic carbocycles. The van der Waals surface area contributed by atoms with Gasteiger partial charge in [-0.3, -0.25) is 0 Å². The number of aromatic nitrogens is 3. The van der Waals surface area contributed by atoms with Crippen molar-refractivity contribution in [1.29, 1.82) is 0 Å². The maximum atomic E-state index is 6.51. The summed E-state index contributed by atoms with van der Waals surface area (Å²) in [4.78, 5) is 15.5. The van der Waals surface area contributed by atoms with Gasteiger partial charge in [0.2, 0.25) is 0 Å². The standard InChI is InChI=1S/C46H29N3O2/c1-28-12-9-15-30(26-28)32-16-5-6-17-34(32)45-47-44(48-46(49-45)37-20-11-23-40-43(37)35-18-7-8-21-38(35)50-40)31-24-25-36-41(27-31)51-39-22-10-19-33(42(36)39)29-13-3-2-4-14-29/h2-27H,1H3. The van der Waals surface area contributed by atoms with Crippen LogP contribution in [0, 0.1) is 6.92 Å². The molecular weight excluding hydrogens is 627 g/mol. The summed E-state index contributed by atoms with van der Waals surface area (Å²) in [6.07, 6.45) is 0. The number of para-hydroxylation sites is 1. The fraction of sp³-hybridized carbons (Fsp3) is 0.0217. The van der Waals surface area contributed by atoms with Crippen LogP contribution in [0.1, 0.15) is 5.56 Å². The number of fused-ring (bicyclic) bond motifs is 6. The molecule has 3 aromatic heterocycles. The third kappa shape index (κ3) is 4.90. The zero-order valence-electron chi connectivity index (χ0n) is 27.7. The normalized spacial score (nSPS) is 11.6. The zero-order chi connectivity index (χ0) is 33.9. The van der Waals surface area contributed by atoms with E-state index in [0.29, 0.717) is 17.5 Å². The van der Waals surface area contributed by atoms with Gasteiger partial charge in [0.05, 0.1) is 0 Å². The molecule has 0 spiro atoms. The zero-order valence-corrected chi connectivity index (χ0v) is 27.7. The topological polar surface area (TPSA) is 65.0 Å². The summed E-state index contributed by atoms with van der Waals surface area (Å²) in [6, 6.07) is 53.9. The van der Waals surface area contributed by atoms with Crippen LogP contribution in [0.5, 0.6) is 0 Å². The van der Waals surface area contributed by atoms with Gasteiger partial charge in [0.25, 0.3) is 0 Å². The molecule has 51 heavy (non-hydrogen) atoms. The van der Waals surface area contributed by atoms with Crippen molar-refractivity contribution in [3.8, 4) is 56.4 Å². The molecule has 10 rings (SSSR count). The minimum absolute atomic E-state index is 0.560. The second-order valence-electron chi connectivity index (χ2n) is 12.9. The van der Waals surface area contributed by atoms with Crippen molar-refractivity contribution in [2.45, 2.75) is 6.92 Å². The van der Waals surface area contributed by atoms with Crippen molar-refractivity contribution < 1.29 is 8.83 Å². The van der Waals surface area contributed by atoms with E-state index in [1.165, 1.54) is 5.56 Å². The highest BCUT2D eigenvalue weighted by Gasteiger charge is 2.20. The predicted octanol–water partition coefficient (Wildman–Crippen LogP) is 12.3. The van der Waals surface area contributed by atoms with Crippen LogP contribution in [-0.4, -0.2) is 15.0 Å². The molecule has 0 radical (unpaired) electrons. The lowest BCUT2D eigenvalue weighted by Gasteiger charge is -2.13. The molecule has 240 valence electrons. The van der Waals surface area contributed by atoms with Gasteiger partial charge in [-0.1, -0.05) is 133 Å². The molecule has 0 saturated heterocycles. The van der Waals surface area contributed by atoms with Crippen LogP contribution in [0.25, 0.3) is 100 Å². The quantitative estimate of drug-likeness (QED) is 0.185. The first-order chi connectivity index (χ1) is 25.2. The van der Waals surface area contributed by atoms with E-state index in [0.717, 1.165) is 82.8 Å². The molecule has 0 aliphatic rings. The number of aryl methyl sites for hydroxylation is 1. The summed E-state index contributed by atoms with van der Waals surface area (Å²) >= 11 is 0. The molecule has 3 heterocycles. The molecule has 0 N–H and O–H groups in total. The van der Waals surface area contributed by atoms with E-state index in [4.69, 9.17) is 23.8 Å². The molecule has 0 aliphatic heterocycles. The Labute approximate surface area is 293 Å². The summed E-state index contributed by atoms with van der Waals surface area (Å²) in [5.41, 5.74) is 11.5. The first-order valence-electron chi connectivity index (χ1n) is 17.0. The Morgan fingerprint density at radius 3 is 1.75 bits per heavy atom. The van der Waals surface area contributed by atoms with E-state index in [1.807, 2.05) is 60.7 Å². The molecule has 0 atom stereocenters. The number of rotatable bonds is 5. The van der Waals surface area contributed by atoms with Gasteiger partial charge in [0.1, 0.15) is 22.3 Å². The number of nitrogens with zero attached hydrogens (tertiary/aromatic N) is 3. The number of hydrogen-bond acceptors (Lipinski definition) is 5. The number of furan rings is 2. The Kier molecular flexibility index (Phi) is 6.64. The largest absolute Gasteiger partial charge is 0.456 e. The highest BCUT2D eigenvalue weighted by molar-refractivity contribution is 6.13. The Bertz CT molecular complexity index is 2940. The fourth-order valence-electron chi connectivity index (χ4n) is 7.27. The van der Waals surface area contributed by atoms with Gasteiger partial charge in [-0.2, -0.15) is 0 Å².